The predicted molar refractivity (Wildman–Crippen MR) is 116 cm³/mol. The zero-order chi connectivity index (χ0) is 17.5. The zero-order valence-electron chi connectivity index (χ0n) is 13.7. The van der Waals surface area contributed by atoms with Crippen LogP contribution in [0.5, 0.6) is 0 Å². The number of thiazole rings is 1. The van der Waals surface area contributed by atoms with Crippen LogP contribution in [0.2, 0.25) is 0 Å². The van der Waals surface area contributed by atoms with Crippen LogP contribution < -0.4 is 0 Å². The third kappa shape index (κ3) is 2.71. The van der Waals surface area contributed by atoms with Gasteiger partial charge in [-0.15, -0.1) is 0 Å². The zero-order valence-corrected chi connectivity index (χ0v) is 16.1. The van der Waals surface area contributed by atoms with Crippen molar-refractivity contribution in [2.24, 2.45) is 4.99 Å². The van der Waals surface area contributed by atoms with Gasteiger partial charge in [-0.1, -0.05) is 75.8 Å². The minimum atomic E-state index is 0.773. The fourth-order valence-corrected chi connectivity index (χ4v) is 4.61. The highest BCUT2D eigenvalue weighted by Crippen LogP contribution is 2.31. The number of hydrogen-bond donors (Lipinski definition) is 0. The average Bonchev–Trinajstić information content (AvgIpc) is 3.07. The SMILES string of the molecule is Brc1ccc2nc(/N=C/c3c4ccccc4cc4ccccc34)sc2c1. The molecule has 0 fully saturated rings. The van der Waals surface area contributed by atoms with Crippen LogP contribution in [0.1, 0.15) is 5.56 Å². The van der Waals surface area contributed by atoms with Crippen LogP contribution in [-0.2, 0) is 0 Å². The quantitative estimate of drug-likeness (QED) is 0.222. The Morgan fingerprint density at radius 3 is 2.27 bits per heavy atom. The normalized spacial score (nSPS) is 11.9. The molecule has 4 heteroatoms. The van der Waals surface area contributed by atoms with Gasteiger partial charge in [0.05, 0.1) is 10.2 Å². The molecule has 0 amide bonds. The molecule has 0 radical (unpaired) electrons. The van der Waals surface area contributed by atoms with Crippen LogP contribution in [0, 0.1) is 0 Å². The summed E-state index contributed by atoms with van der Waals surface area (Å²) in [6, 6.07) is 25.2. The third-order valence-corrected chi connectivity index (χ3v) is 5.88. The van der Waals surface area contributed by atoms with E-state index >= 15 is 0 Å². The molecule has 1 heterocycles. The van der Waals surface area contributed by atoms with Crippen molar-refractivity contribution in [1.29, 1.82) is 0 Å². The van der Waals surface area contributed by atoms with Crippen LogP contribution in [0.15, 0.2) is 82.3 Å². The van der Waals surface area contributed by atoms with Gasteiger partial charge in [0.25, 0.3) is 0 Å². The van der Waals surface area contributed by atoms with Gasteiger partial charge in [-0.25, -0.2) is 9.98 Å². The minimum Gasteiger partial charge on any atom is -0.227 e. The first-order valence-corrected chi connectivity index (χ1v) is 9.89. The van der Waals surface area contributed by atoms with E-state index < -0.39 is 0 Å². The summed E-state index contributed by atoms with van der Waals surface area (Å²) in [5, 5.41) is 5.63. The molecule has 0 aliphatic rings. The van der Waals surface area contributed by atoms with E-state index in [1.54, 1.807) is 11.3 Å². The Hall–Kier alpha value is -2.56. The standard InChI is InChI=1S/C22H13BrN2S/c23-16-9-10-20-21(12-16)26-22(25-20)24-13-19-17-7-3-1-5-14(17)11-15-6-2-4-8-18(15)19/h1-13H/b24-13+. The lowest BCUT2D eigenvalue weighted by molar-refractivity contribution is 1.41. The molecule has 0 saturated carbocycles. The van der Waals surface area contributed by atoms with E-state index in [0.29, 0.717) is 0 Å². The molecule has 26 heavy (non-hydrogen) atoms. The van der Waals surface area contributed by atoms with Gasteiger partial charge in [0, 0.05) is 16.3 Å². The molecular formula is C22H13BrN2S. The lowest BCUT2D eigenvalue weighted by atomic mass is 9.97. The Bertz CT molecular complexity index is 1250. The summed E-state index contributed by atoms with van der Waals surface area (Å²) in [6.07, 6.45) is 1.96. The van der Waals surface area contributed by atoms with Crippen molar-refractivity contribution in [3.05, 3.63) is 82.8 Å². The van der Waals surface area contributed by atoms with Crippen molar-refractivity contribution in [1.82, 2.24) is 4.98 Å². The van der Waals surface area contributed by atoms with E-state index in [-0.39, 0.29) is 0 Å². The summed E-state index contributed by atoms with van der Waals surface area (Å²) in [4.78, 5) is 9.34. The van der Waals surface area contributed by atoms with Crippen LogP contribution in [-0.4, -0.2) is 11.2 Å². The van der Waals surface area contributed by atoms with Crippen molar-refractivity contribution in [3.8, 4) is 0 Å². The lowest BCUT2D eigenvalue weighted by Crippen LogP contribution is -1.88. The molecule has 0 atom stereocenters. The van der Waals surface area contributed by atoms with Crippen LogP contribution in [0.3, 0.4) is 0 Å². The molecule has 5 rings (SSSR count). The maximum atomic E-state index is 4.71. The summed E-state index contributed by atoms with van der Waals surface area (Å²) >= 11 is 5.11. The number of fused-ring (bicyclic) bond motifs is 3. The second-order valence-electron chi connectivity index (χ2n) is 6.10. The average molecular weight is 417 g/mol. The number of nitrogens with zero attached hydrogens (tertiary/aromatic N) is 2. The van der Waals surface area contributed by atoms with Crippen molar-refractivity contribution in [2.45, 2.75) is 0 Å². The van der Waals surface area contributed by atoms with Crippen LogP contribution >= 0.6 is 27.3 Å². The molecule has 4 aromatic carbocycles. The lowest BCUT2D eigenvalue weighted by Gasteiger charge is -2.07. The summed E-state index contributed by atoms with van der Waals surface area (Å²) in [7, 11) is 0. The van der Waals surface area contributed by atoms with E-state index in [0.717, 1.165) is 25.4 Å². The Balaban J connectivity index is 1.70. The predicted octanol–water partition coefficient (Wildman–Crippen LogP) is 7.12. The monoisotopic (exact) mass is 416 g/mol. The van der Waals surface area contributed by atoms with Crippen molar-refractivity contribution in [2.75, 3.05) is 0 Å². The van der Waals surface area contributed by atoms with Crippen molar-refractivity contribution in [3.63, 3.8) is 0 Å². The molecule has 0 unspecified atom stereocenters. The molecule has 0 N–H and O–H groups in total. The van der Waals surface area contributed by atoms with Gasteiger partial charge in [0.1, 0.15) is 0 Å². The number of aromatic nitrogens is 1. The van der Waals surface area contributed by atoms with E-state index in [9.17, 15) is 0 Å². The Labute approximate surface area is 163 Å². The first-order valence-electron chi connectivity index (χ1n) is 8.29. The molecular weight excluding hydrogens is 404 g/mol. The maximum Gasteiger partial charge on any atom is 0.210 e. The van der Waals surface area contributed by atoms with E-state index in [1.807, 2.05) is 18.3 Å². The molecule has 5 aromatic rings. The smallest absolute Gasteiger partial charge is 0.210 e. The van der Waals surface area contributed by atoms with Crippen LogP contribution in [0.25, 0.3) is 31.8 Å². The second-order valence-corrected chi connectivity index (χ2v) is 8.02. The van der Waals surface area contributed by atoms with Crippen molar-refractivity contribution >= 4 is 70.4 Å². The Morgan fingerprint density at radius 1 is 0.846 bits per heavy atom. The topological polar surface area (TPSA) is 25.2 Å². The van der Waals surface area contributed by atoms with Gasteiger partial charge < -0.3 is 0 Å². The van der Waals surface area contributed by atoms with E-state index in [4.69, 9.17) is 4.99 Å². The molecule has 0 saturated heterocycles. The summed E-state index contributed by atoms with van der Waals surface area (Å²) in [5.41, 5.74) is 2.12. The van der Waals surface area contributed by atoms with E-state index in [2.05, 4.69) is 81.6 Å². The first kappa shape index (κ1) is 15.7. The molecule has 0 aliphatic heterocycles. The highest BCUT2D eigenvalue weighted by atomic mass is 79.9. The van der Waals surface area contributed by atoms with Gasteiger partial charge in [0.15, 0.2) is 0 Å². The van der Waals surface area contributed by atoms with E-state index in [1.165, 1.54) is 21.5 Å². The second kappa shape index (κ2) is 6.31. The number of hydrogen-bond acceptors (Lipinski definition) is 3. The highest BCUT2D eigenvalue weighted by molar-refractivity contribution is 9.10. The molecule has 2 nitrogen and oxygen atoms in total. The van der Waals surface area contributed by atoms with Gasteiger partial charge in [0.2, 0.25) is 5.13 Å². The summed E-state index contributed by atoms with van der Waals surface area (Å²) in [5.74, 6) is 0. The number of benzene rings is 4. The summed E-state index contributed by atoms with van der Waals surface area (Å²) < 4.78 is 2.19. The van der Waals surface area contributed by atoms with Crippen molar-refractivity contribution < 1.29 is 0 Å². The molecule has 0 aliphatic carbocycles. The number of halogens is 1. The number of rotatable bonds is 2. The first-order chi connectivity index (χ1) is 12.8. The van der Waals surface area contributed by atoms with Gasteiger partial charge in [-0.2, -0.15) is 0 Å². The summed E-state index contributed by atoms with van der Waals surface area (Å²) in [6.45, 7) is 0. The highest BCUT2D eigenvalue weighted by Gasteiger charge is 2.07. The van der Waals surface area contributed by atoms with Gasteiger partial charge in [-0.3, -0.25) is 0 Å². The third-order valence-electron chi connectivity index (χ3n) is 4.46. The van der Waals surface area contributed by atoms with Gasteiger partial charge >= 0.3 is 0 Å². The van der Waals surface area contributed by atoms with Gasteiger partial charge in [-0.05, 0) is 45.8 Å². The fraction of sp³-hybridized carbons (Fsp3) is 0. The molecule has 1 aromatic heterocycles. The Morgan fingerprint density at radius 2 is 1.54 bits per heavy atom. The number of aliphatic imine (C=N–C) groups is 1. The largest absolute Gasteiger partial charge is 0.227 e. The fourth-order valence-electron chi connectivity index (χ4n) is 3.25. The molecule has 0 spiro atoms. The Kier molecular flexibility index (Phi) is 3.80. The maximum absolute atomic E-state index is 4.71. The molecule has 0 bridgehead atoms. The van der Waals surface area contributed by atoms with Crippen LogP contribution in [0.4, 0.5) is 5.13 Å². The minimum absolute atomic E-state index is 0.773. The molecule has 124 valence electrons.